The normalized spacial score (nSPS) is 13.0. The second-order valence-electron chi connectivity index (χ2n) is 13.0. The number of fused-ring (bicyclic) bond motifs is 4. The highest BCUT2D eigenvalue weighted by Gasteiger charge is 2.33. The van der Waals surface area contributed by atoms with Crippen LogP contribution in [0.4, 0.5) is 4.79 Å². The Kier molecular flexibility index (Phi) is 10.8. The van der Waals surface area contributed by atoms with E-state index in [2.05, 4.69) is 35.0 Å². The van der Waals surface area contributed by atoms with E-state index < -0.39 is 29.9 Å². The van der Waals surface area contributed by atoms with E-state index in [-0.39, 0.29) is 31.4 Å². The lowest BCUT2D eigenvalue weighted by Gasteiger charge is -2.28. The number of nitrogens with zero attached hydrogens (tertiary/aromatic N) is 2. The van der Waals surface area contributed by atoms with Crippen LogP contribution in [0.25, 0.3) is 21.9 Å². The molecule has 0 bridgehead atoms. The van der Waals surface area contributed by atoms with Crippen LogP contribution in [0.1, 0.15) is 35.1 Å². The van der Waals surface area contributed by atoms with Crippen molar-refractivity contribution in [3.05, 3.63) is 144 Å². The summed E-state index contributed by atoms with van der Waals surface area (Å²) in [6.07, 6.45) is -0.0737. The largest absolute Gasteiger partial charge is 0.448 e. The molecule has 0 unspecified atom stereocenters. The molecule has 0 spiro atoms. The van der Waals surface area contributed by atoms with Crippen molar-refractivity contribution in [3.8, 4) is 11.1 Å². The zero-order valence-corrected chi connectivity index (χ0v) is 29.0. The Labute approximate surface area is 298 Å². The Morgan fingerprint density at radius 3 is 1.96 bits per heavy atom. The first-order valence-electron chi connectivity index (χ1n) is 17.1. The van der Waals surface area contributed by atoms with Crippen molar-refractivity contribution in [1.29, 1.82) is 0 Å². The molecule has 4 amide bonds. The molecule has 9 nitrogen and oxygen atoms in total. The number of rotatable bonds is 11. The van der Waals surface area contributed by atoms with Crippen molar-refractivity contribution in [2.45, 2.75) is 31.7 Å². The molecular weight excluding hydrogens is 640 g/mol. The average molecular weight is 683 g/mol. The van der Waals surface area contributed by atoms with E-state index in [1.807, 2.05) is 97.1 Å². The number of carbonyl (C=O) groups is 4. The summed E-state index contributed by atoms with van der Waals surface area (Å²) in [5.74, 6) is -1.99. The molecule has 6 rings (SSSR count). The number of hydrogen-bond donors (Lipinski definition) is 2. The maximum absolute atomic E-state index is 14.1. The Hall–Kier alpha value is -5.96. The van der Waals surface area contributed by atoms with Crippen LogP contribution in [0.5, 0.6) is 0 Å². The maximum Gasteiger partial charge on any atom is 0.410 e. The van der Waals surface area contributed by atoms with Gasteiger partial charge in [-0.15, -0.1) is 0 Å². The van der Waals surface area contributed by atoms with E-state index in [1.54, 1.807) is 7.05 Å². The van der Waals surface area contributed by atoms with Gasteiger partial charge in [-0.1, -0.05) is 121 Å². The average Bonchev–Trinajstić information content (AvgIpc) is 3.47. The van der Waals surface area contributed by atoms with E-state index in [0.29, 0.717) is 6.42 Å². The number of hydrazine groups is 1. The fourth-order valence-electron chi connectivity index (χ4n) is 6.65. The van der Waals surface area contributed by atoms with E-state index in [4.69, 9.17) is 4.74 Å². The van der Waals surface area contributed by atoms with Crippen LogP contribution < -0.4 is 10.7 Å². The number of likely N-dealkylation sites (N-methyl/N-ethyl adjacent to an activating group) is 1. The summed E-state index contributed by atoms with van der Waals surface area (Å²) in [5.41, 5.74) is 8.83. The monoisotopic (exact) mass is 682 g/mol. The van der Waals surface area contributed by atoms with Gasteiger partial charge in [0.25, 0.3) is 0 Å². The number of carbonyl (C=O) groups excluding carboxylic acids is 4. The summed E-state index contributed by atoms with van der Waals surface area (Å²) in [6.45, 7) is 1.45. The fraction of sp³-hybridized carbons (Fsp3) is 0.238. The maximum atomic E-state index is 14.1. The Morgan fingerprint density at radius 2 is 1.29 bits per heavy atom. The minimum absolute atomic E-state index is 0.0158. The first-order chi connectivity index (χ1) is 24.7. The SMILES string of the molecule is CC(=O)N(C)NC(=O)[C@@H](CNC(=O)[C@@H](Cc1ccc2ccccc2c1)N(C)C(=O)OCC1c2ccccc2-c2ccccc21)Cc1ccccc1. The molecule has 0 radical (unpaired) electrons. The van der Waals surface area contributed by atoms with Gasteiger partial charge in [0.2, 0.25) is 17.7 Å². The van der Waals surface area contributed by atoms with Crippen molar-refractivity contribution in [2.24, 2.45) is 5.92 Å². The second-order valence-corrected chi connectivity index (χ2v) is 13.0. The van der Waals surface area contributed by atoms with Gasteiger partial charge in [-0.3, -0.25) is 29.7 Å². The molecule has 1 aliphatic carbocycles. The van der Waals surface area contributed by atoms with Crippen molar-refractivity contribution in [3.63, 3.8) is 0 Å². The van der Waals surface area contributed by atoms with Gasteiger partial charge in [0, 0.05) is 39.9 Å². The highest BCUT2D eigenvalue weighted by molar-refractivity contribution is 5.88. The summed E-state index contributed by atoms with van der Waals surface area (Å²) in [5, 5.41) is 6.16. The van der Waals surface area contributed by atoms with E-state index in [9.17, 15) is 19.2 Å². The van der Waals surface area contributed by atoms with Gasteiger partial charge in [0.1, 0.15) is 12.6 Å². The number of hydrogen-bond acceptors (Lipinski definition) is 5. The molecule has 9 heteroatoms. The van der Waals surface area contributed by atoms with Crippen LogP contribution >= 0.6 is 0 Å². The lowest BCUT2D eigenvalue weighted by atomic mass is 9.97. The van der Waals surface area contributed by atoms with Crippen LogP contribution in [0, 0.1) is 5.92 Å². The van der Waals surface area contributed by atoms with Crippen LogP contribution in [0.15, 0.2) is 121 Å². The minimum atomic E-state index is -0.942. The van der Waals surface area contributed by atoms with Crippen LogP contribution in [-0.4, -0.2) is 67.0 Å². The van der Waals surface area contributed by atoms with Crippen molar-refractivity contribution in [2.75, 3.05) is 27.2 Å². The standard InChI is InChI=1S/C42H42N4O5/c1-28(47)46(3)44-40(48)33(23-29-13-5-4-6-14-29)26-43-41(49)39(25-30-21-22-31-15-7-8-16-32(31)24-30)45(2)42(50)51-27-38-36-19-11-9-17-34(36)35-18-10-12-20-37(35)38/h4-22,24,33,38-39H,23,25-27H2,1-3H3,(H,43,49)(H,44,48)/t33-,39-/m1/s1. The van der Waals surface area contributed by atoms with Gasteiger partial charge in [0.05, 0.1) is 5.92 Å². The molecule has 5 aromatic rings. The summed E-state index contributed by atoms with van der Waals surface area (Å²) in [7, 11) is 3.04. The predicted octanol–water partition coefficient (Wildman–Crippen LogP) is 6.12. The van der Waals surface area contributed by atoms with E-state index in [0.717, 1.165) is 49.2 Å². The number of ether oxygens (including phenoxy) is 1. The summed E-state index contributed by atoms with van der Waals surface area (Å²) in [6, 6.07) is 38.7. The van der Waals surface area contributed by atoms with Gasteiger partial charge >= 0.3 is 6.09 Å². The fourth-order valence-corrected chi connectivity index (χ4v) is 6.65. The molecule has 2 N–H and O–H groups in total. The molecule has 51 heavy (non-hydrogen) atoms. The molecule has 0 heterocycles. The van der Waals surface area contributed by atoms with Gasteiger partial charge in [-0.25, -0.2) is 4.79 Å². The summed E-state index contributed by atoms with van der Waals surface area (Å²) >= 11 is 0. The highest BCUT2D eigenvalue weighted by Crippen LogP contribution is 2.44. The molecule has 1 aliphatic rings. The number of amides is 4. The third kappa shape index (κ3) is 8.10. The zero-order chi connectivity index (χ0) is 35.9. The van der Waals surface area contributed by atoms with Crippen molar-refractivity contribution >= 4 is 34.6 Å². The Bertz CT molecular complexity index is 2000. The molecule has 0 saturated heterocycles. The lowest BCUT2D eigenvalue weighted by Crippen LogP contribution is -2.52. The molecule has 0 saturated carbocycles. The number of nitrogens with one attached hydrogen (secondary N) is 2. The molecule has 5 aromatic carbocycles. The lowest BCUT2D eigenvalue weighted by molar-refractivity contribution is -0.140. The summed E-state index contributed by atoms with van der Waals surface area (Å²) in [4.78, 5) is 54.4. The van der Waals surface area contributed by atoms with Crippen molar-refractivity contribution in [1.82, 2.24) is 20.7 Å². The van der Waals surface area contributed by atoms with Crippen LogP contribution in [-0.2, 0) is 32.0 Å². The van der Waals surface area contributed by atoms with Crippen LogP contribution in [0.2, 0.25) is 0 Å². The van der Waals surface area contributed by atoms with E-state index in [1.165, 1.54) is 18.9 Å². The van der Waals surface area contributed by atoms with Gasteiger partial charge in [-0.2, -0.15) is 0 Å². The predicted molar refractivity (Wildman–Crippen MR) is 198 cm³/mol. The third-order valence-corrected chi connectivity index (χ3v) is 9.61. The zero-order valence-electron chi connectivity index (χ0n) is 29.0. The Balaban J connectivity index is 1.21. The van der Waals surface area contributed by atoms with Gasteiger partial charge < -0.3 is 10.1 Å². The first kappa shape index (κ1) is 34.9. The quantitative estimate of drug-likeness (QED) is 0.163. The van der Waals surface area contributed by atoms with Gasteiger partial charge in [0.15, 0.2) is 0 Å². The van der Waals surface area contributed by atoms with Crippen LogP contribution in [0.3, 0.4) is 0 Å². The molecule has 260 valence electrons. The minimum Gasteiger partial charge on any atom is -0.448 e. The second kappa shape index (κ2) is 15.7. The Morgan fingerprint density at radius 1 is 0.686 bits per heavy atom. The summed E-state index contributed by atoms with van der Waals surface area (Å²) < 4.78 is 5.95. The number of benzene rings is 5. The molecule has 2 atom stereocenters. The molecule has 0 fully saturated rings. The molecular formula is C42H42N4O5. The van der Waals surface area contributed by atoms with Gasteiger partial charge in [-0.05, 0) is 50.6 Å². The highest BCUT2D eigenvalue weighted by atomic mass is 16.6. The van der Waals surface area contributed by atoms with E-state index >= 15 is 0 Å². The first-order valence-corrected chi connectivity index (χ1v) is 17.1. The topological polar surface area (TPSA) is 108 Å². The third-order valence-electron chi connectivity index (χ3n) is 9.61. The smallest absolute Gasteiger partial charge is 0.410 e. The molecule has 0 aliphatic heterocycles. The van der Waals surface area contributed by atoms with Crippen molar-refractivity contribution < 1.29 is 23.9 Å². The molecule has 0 aromatic heterocycles.